The average Bonchev–Trinajstić information content (AvgIpc) is 3.00. The molecular formula is C16H14F6N4O. The molecule has 0 saturated carbocycles. The van der Waals surface area contributed by atoms with Gasteiger partial charge in [0.05, 0.1) is 5.56 Å². The van der Waals surface area contributed by atoms with Crippen molar-refractivity contribution in [2.24, 2.45) is 0 Å². The predicted molar refractivity (Wildman–Crippen MR) is 83.5 cm³/mol. The van der Waals surface area contributed by atoms with Gasteiger partial charge in [-0.2, -0.15) is 26.3 Å². The third kappa shape index (κ3) is 4.86. The second kappa shape index (κ2) is 7.05. The quantitative estimate of drug-likeness (QED) is 0.450. The van der Waals surface area contributed by atoms with Crippen LogP contribution in [-0.4, -0.2) is 39.5 Å². The number of halogens is 6. The molecular weight excluding hydrogens is 378 g/mol. The second-order valence-electron chi connectivity index (χ2n) is 5.90. The Morgan fingerprint density at radius 2 is 1.70 bits per heavy atom. The second-order valence-corrected chi connectivity index (χ2v) is 5.90. The summed E-state index contributed by atoms with van der Waals surface area (Å²) in [5, 5.41) is 3.22. The van der Waals surface area contributed by atoms with Crippen molar-refractivity contribution in [2.45, 2.75) is 19.3 Å². The fourth-order valence-corrected chi connectivity index (χ4v) is 2.20. The van der Waals surface area contributed by atoms with E-state index >= 15 is 0 Å². The molecule has 0 unspecified atom stereocenters. The summed E-state index contributed by atoms with van der Waals surface area (Å²) in [6.07, 6.45) is -7.68. The number of carbonyl (C=O) groups is 1. The molecule has 2 rings (SSSR count). The molecule has 0 fully saturated rings. The number of ketones is 1. The molecule has 0 saturated heterocycles. The van der Waals surface area contributed by atoms with Gasteiger partial charge in [0.15, 0.2) is 0 Å². The van der Waals surface area contributed by atoms with Gasteiger partial charge in [-0.25, -0.2) is 9.67 Å². The van der Waals surface area contributed by atoms with Gasteiger partial charge in [0, 0.05) is 25.9 Å². The number of hydrogen-bond donors (Lipinski definition) is 0. The van der Waals surface area contributed by atoms with E-state index in [-0.39, 0.29) is 16.8 Å². The van der Waals surface area contributed by atoms with Crippen molar-refractivity contribution in [2.75, 3.05) is 14.1 Å². The zero-order chi connectivity index (χ0) is 20.6. The van der Waals surface area contributed by atoms with E-state index in [1.165, 1.54) is 32.0 Å². The van der Waals surface area contributed by atoms with Crippen LogP contribution in [0.1, 0.15) is 27.3 Å². The first-order valence-corrected chi connectivity index (χ1v) is 7.40. The maximum Gasteiger partial charge on any atom is 0.453 e. The molecule has 27 heavy (non-hydrogen) atoms. The van der Waals surface area contributed by atoms with Gasteiger partial charge in [0.1, 0.15) is 12.0 Å². The summed E-state index contributed by atoms with van der Waals surface area (Å²) in [6.45, 7) is 1.37. The lowest BCUT2D eigenvalue weighted by atomic mass is 10.0. The van der Waals surface area contributed by atoms with Gasteiger partial charge >= 0.3 is 12.4 Å². The molecule has 1 aromatic heterocycles. The van der Waals surface area contributed by atoms with E-state index in [0.29, 0.717) is 17.1 Å². The standard InChI is InChI=1S/C16H14F6N4O/c1-9-4-10(6-11(5-9)15(17,18)19)13(27)12(7-25(2)3)26-8-23-14(24-26)16(20,21)22/h4-8H,1-3H3/b12-7+. The highest BCUT2D eigenvalue weighted by molar-refractivity contribution is 6.24. The van der Waals surface area contributed by atoms with Crippen molar-refractivity contribution in [3.8, 4) is 0 Å². The molecule has 0 aliphatic rings. The highest BCUT2D eigenvalue weighted by Gasteiger charge is 2.36. The minimum absolute atomic E-state index is 0.173. The van der Waals surface area contributed by atoms with E-state index in [1.807, 2.05) is 0 Å². The number of aromatic nitrogens is 3. The molecule has 0 aliphatic heterocycles. The van der Waals surface area contributed by atoms with Gasteiger partial charge in [0.2, 0.25) is 5.78 Å². The lowest BCUT2D eigenvalue weighted by Gasteiger charge is -2.13. The summed E-state index contributed by atoms with van der Waals surface area (Å²) < 4.78 is 77.7. The number of allylic oxidation sites excluding steroid dienone is 1. The molecule has 0 aliphatic carbocycles. The molecule has 2 aromatic rings. The first kappa shape index (κ1) is 20.5. The van der Waals surface area contributed by atoms with Gasteiger partial charge in [-0.1, -0.05) is 0 Å². The van der Waals surface area contributed by atoms with Gasteiger partial charge < -0.3 is 4.90 Å². The molecule has 0 radical (unpaired) electrons. The Morgan fingerprint density at radius 3 is 2.19 bits per heavy atom. The fraction of sp³-hybridized carbons (Fsp3) is 0.312. The third-order valence-electron chi connectivity index (χ3n) is 3.27. The van der Waals surface area contributed by atoms with Crippen molar-refractivity contribution in [3.05, 3.63) is 53.2 Å². The number of aryl methyl sites for hydroxylation is 1. The average molecular weight is 392 g/mol. The van der Waals surface area contributed by atoms with E-state index in [1.54, 1.807) is 0 Å². The van der Waals surface area contributed by atoms with Crippen molar-refractivity contribution >= 4 is 11.5 Å². The fourth-order valence-electron chi connectivity index (χ4n) is 2.20. The maximum atomic E-state index is 13.0. The molecule has 1 heterocycles. The topological polar surface area (TPSA) is 51.0 Å². The Morgan fingerprint density at radius 1 is 1.07 bits per heavy atom. The van der Waals surface area contributed by atoms with Crippen LogP contribution in [0, 0.1) is 6.92 Å². The molecule has 0 bridgehead atoms. The summed E-state index contributed by atoms with van der Waals surface area (Å²) in [5.74, 6) is -2.41. The monoisotopic (exact) mass is 392 g/mol. The highest BCUT2D eigenvalue weighted by Crippen LogP contribution is 2.31. The number of carbonyl (C=O) groups excluding carboxylic acids is 1. The minimum atomic E-state index is -4.83. The SMILES string of the molecule is Cc1cc(C(=O)/C(=C\N(C)C)n2cnc(C(F)(F)F)n2)cc(C(F)(F)F)c1. The van der Waals surface area contributed by atoms with Crippen LogP contribution in [0.5, 0.6) is 0 Å². The summed E-state index contributed by atoms with van der Waals surface area (Å²) >= 11 is 0. The molecule has 0 N–H and O–H groups in total. The van der Waals surface area contributed by atoms with Crippen molar-refractivity contribution in [3.63, 3.8) is 0 Å². The Kier molecular flexibility index (Phi) is 5.34. The summed E-state index contributed by atoms with van der Waals surface area (Å²) in [7, 11) is 2.98. The van der Waals surface area contributed by atoms with Crippen LogP contribution in [0.2, 0.25) is 0 Å². The van der Waals surface area contributed by atoms with E-state index in [9.17, 15) is 31.1 Å². The van der Waals surface area contributed by atoms with E-state index < -0.39 is 29.5 Å². The van der Waals surface area contributed by atoms with Crippen LogP contribution >= 0.6 is 0 Å². The Bertz CT molecular complexity index is 880. The maximum absolute atomic E-state index is 13.0. The molecule has 0 atom stereocenters. The number of hydrogen-bond acceptors (Lipinski definition) is 4. The summed E-state index contributed by atoms with van der Waals surface area (Å²) in [6, 6.07) is 2.71. The Hall–Kier alpha value is -2.85. The number of benzene rings is 1. The largest absolute Gasteiger partial charge is 0.453 e. The summed E-state index contributed by atoms with van der Waals surface area (Å²) in [4.78, 5) is 17.2. The zero-order valence-electron chi connectivity index (χ0n) is 14.4. The lowest BCUT2D eigenvalue weighted by Crippen LogP contribution is -2.17. The van der Waals surface area contributed by atoms with E-state index in [0.717, 1.165) is 12.3 Å². The molecule has 146 valence electrons. The van der Waals surface area contributed by atoms with E-state index in [4.69, 9.17) is 0 Å². The highest BCUT2D eigenvalue weighted by atomic mass is 19.4. The van der Waals surface area contributed by atoms with Gasteiger partial charge in [-0.15, -0.1) is 5.10 Å². The first-order valence-electron chi connectivity index (χ1n) is 7.40. The smallest absolute Gasteiger partial charge is 0.382 e. The Labute approximate surface area is 149 Å². The van der Waals surface area contributed by atoms with Gasteiger partial charge in [-0.3, -0.25) is 4.79 Å². The summed E-state index contributed by atoms with van der Waals surface area (Å²) in [5.41, 5.74) is -1.59. The molecule has 1 aromatic carbocycles. The number of rotatable bonds is 4. The lowest BCUT2D eigenvalue weighted by molar-refractivity contribution is -0.144. The number of alkyl halides is 6. The van der Waals surface area contributed by atoms with Gasteiger partial charge in [-0.05, 0) is 30.7 Å². The van der Waals surface area contributed by atoms with Crippen LogP contribution in [-0.2, 0) is 12.4 Å². The first-order chi connectivity index (χ1) is 12.3. The third-order valence-corrected chi connectivity index (χ3v) is 3.27. The predicted octanol–water partition coefficient (Wildman–Crippen LogP) is 3.87. The van der Waals surface area contributed by atoms with E-state index in [2.05, 4.69) is 10.1 Å². The van der Waals surface area contributed by atoms with Crippen LogP contribution < -0.4 is 0 Å². The van der Waals surface area contributed by atoms with Crippen LogP contribution in [0.15, 0.2) is 30.7 Å². The molecule has 0 amide bonds. The van der Waals surface area contributed by atoms with Gasteiger partial charge in [0.25, 0.3) is 5.82 Å². The number of Topliss-reactive ketones (excluding diaryl/α,β-unsaturated/α-hetero) is 1. The van der Waals surface area contributed by atoms with Crippen molar-refractivity contribution in [1.82, 2.24) is 19.7 Å². The van der Waals surface area contributed by atoms with Crippen LogP contribution in [0.4, 0.5) is 26.3 Å². The molecule has 5 nitrogen and oxygen atoms in total. The van der Waals surface area contributed by atoms with Crippen LogP contribution in [0.3, 0.4) is 0 Å². The van der Waals surface area contributed by atoms with Crippen LogP contribution in [0.25, 0.3) is 5.70 Å². The normalized spacial score (nSPS) is 13.0. The Balaban J connectivity index is 2.55. The van der Waals surface area contributed by atoms with Crippen molar-refractivity contribution < 1.29 is 31.1 Å². The molecule has 0 spiro atoms. The number of nitrogens with zero attached hydrogens (tertiary/aromatic N) is 4. The van der Waals surface area contributed by atoms with Crippen molar-refractivity contribution in [1.29, 1.82) is 0 Å². The minimum Gasteiger partial charge on any atom is -0.382 e. The zero-order valence-corrected chi connectivity index (χ0v) is 14.4. The molecule has 11 heteroatoms.